The molecule has 0 N–H and O–H groups in total. The van der Waals surface area contributed by atoms with E-state index in [1.807, 2.05) is 11.3 Å². The standard InChI is InChI=1S/C10H9IS/c1-7(11)9-6-12-10-5-3-2-4-8(9)10/h2-7H,1H3. The Morgan fingerprint density at radius 1 is 1.33 bits per heavy atom. The third-order valence-electron chi connectivity index (χ3n) is 1.94. The molecule has 2 rings (SSSR count). The maximum Gasteiger partial charge on any atom is 0.0345 e. The van der Waals surface area contributed by atoms with Crippen LogP contribution in [0.3, 0.4) is 0 Å². The summed E-state index contributed by atoms with van der Waals surface area (Å²) in [7, 11) is 0. The lowest BCUT2D eigenvalue weighted by Gasteiger charge is -1.99. The minimum absolute atomic E-state index is 0.610. The molecule has 0 aliphatic rings. The Labute approximate surface area is 89.7 Å². The number of rotatable bonds is 1. The number of hydrogen-bond donors (Lipinski definition) is 0. The highest BCUT2D eigenvalue weighted by molar-refractivity contribution is 14.1. The summed E-state index contributed by atoms with van der Waals surface area (Å²) in [5, 5.41) is 3.69. The fourth-order valence-electron chi connectivity index (χ4n) is 1.31. The number of alkyl halides is 1. The Kier molecular flexibility index (Phi) is 2.37. The summed E-state index contributed by atoms with van der Waals surface area (Å²) >= 11 is 4.30. The largest absolute Gasteiger partial charge is 0.143 e. The Morgan fingerprint density at radius 2 is 2.08 bits per heavy atom. The molecular formula is C10H9IS. The van der Waals surface area contributed by atoms with Gasteiger partial charge >= 0.3 is 0 Å². The van der Waals surface area contributed by atoms with Crippen LogP contribution in [0.15, 0.2) is 29.6 Å². The van der Waals surface area contributed by atoms with Crippen LogP contribution in [0.5, 0.6) is 0 Å². The average molecular weight is 288 g/mol. The van der Waals surface area contributed by atoms with Crippen LogP contribution >= 0.6 is 33.9 Å². The van der Waals surface area contributed by atoms with E-state index >= 15 is 0 Å². The first-order chi connectivity index (χ1) is 5.79. The van der Waals surface area contributed by atoms with Crippen molar-refractivity contribution in [1.29, 1.82) is 0 Å². The maximum atomic E-state index is 2.46. The molecule has 1 unspecified atom stereocenters. The zero-order valence-corrected chi connectivity index (χ0v) is 9.72. The smallest absolute Gasteiger partial charge is 0.0345 e. The first kappa shape index (κ1) is 8.51. The lowest BCUT2D eigenvalue weighted by molar-refractivity contribution is 1.18. The number of hydrogen-bond acceptors (Lipinski definition) is 1. The fourth-order valence-corrected chi connectivity index (χ4v) is 3.12. The van der Waals surface area contributed by atoms with E-state index < -0.39 is 0 Å². The van der Waals surface area contributed by atoms with Gasteiger partial charge in [0, 0.05) is 8.62 Å². The van der Waals surface area contributed by atoms with Crippen LogP contribution in [0.4, 0.5) is 0 Å². The summed E-state index contributed by atoms with van der Waals surface area (Å²) in [6.07, 6.45) is 0. The predicted octanol–water partition coefficient (Wildman–Crippen LogP) is 4.40. The highest BCUT2D eigenvalue weighted by Crippen LogP contribution is 2.33. The summed E-state index contributed by atoms with van der Waals surface area (Å²) in [6.45, 7) is 2.23. The van der Waals surface area contributed by atoms with Crippen LogP contribution in [0, 0.1) is 0 Å². The van der Waals surface area contributed by atoms with Gasteiger partial charge in [0.2, 0.25) is 0 Å². The normalized spacial score (nSPS) is 13.5. The van der Waals surface area contributed by atoms with Gasteiger partial charge in [-0.15, -0.1) is 11.3 Å². The second kappa shape index (κ2) is 3.34. The van der Waals surface area contributed by atoms with Crippen molar-refractivity contribution in [2.24, 2.45) is 0 Å². The maximum absolute atomic E-state index is 2.46. The van der Waals surface area contributed by atoms with Crippen molar-refractivity contribution in [2.45, 2.75) is 10.8 Å². The minimum atomic E-state index is 0.610. The molecule has 2 heteroatoms. The van der Waals surface area contributed by atoms with Crippen LogP contribution in [-0.2, 0) is 0 Å². The molecule has 0 bridgehead atoms. The van der Waals surface area contributed by atoms with Gasteiger partial charge in [-0.05, 0) is 29.3 Å². The summed E-state index contributed by atoms with van der Waals surface area (Å²) in [5.41, 5.74) is 1.47. The van der Waals surface area contributed by atoms with Crippen molar-refractivity contribution in [2.75, 3.05) is 0 Å². The summed E-state index contributed by atoms with van der Waals surface area (Å²) in [6, 6.07) is 8.59. The number of halogens is 1. The molecule has 2 aromatic rings. The molecule has 1 atom stereocenters. The lowest BCUT2D eigenvalue weighted by atomic mass is 10.1. The van der Waals surface area contributed by atoms with Crippen molar-refractivity contribution >= 4 is 44.0 Å². The monoisotopic (exact) mass is 288 g/mol. The molecule has 0 aliphatic carbocycles. The van der Waals surface area contributed by atoms with E-state index in [0.29, 0.717) is 3.92 Å². The molecule has 0 saturated carbocycles. The lowest BCUT2D eigenvalue weighted by Crippen LogP contribution is -1.78. The first-order valence-electron chi connectivity index (χ1n) is 3.89. The summed E-state index contributed by atoms with van der Waals surface area (Å²) in [4.78, 5) is 0. The summed E-state index contributed by atoms with van der Waals surface area (Å²) < 4.78 is 2.01. The van der Waals surface area contributed by atoms with Gasteiger partial charge < -0.3 is 0 Å². The molecule has 62 valence electrons. The van der Waals surface area contributed by atoms with Crippen molar-refractivity contribution in [3.05, 3.63) is 35.2 Å². The zero-order chi connectivity index (χ0) is 8.55. The molecule has 0 fully saturated rings. The van der Waals surface area contributed by atoms with E-state index in [1.165, 1.54) is 15.6 Å². The predicted molar refractivity (Wildman–Crippen MR) is 64.3 cm³/mol. The Balaban J connectivity index is 2.70. The molecule has 1 heterocycles. The number of benzene rings is 1. The topological polar surface area (TPSA) is 0 Å². The van der Waals surface area contributed by atoms with Gasteiger partial charge in [-0.3, -0.25) is 0 Å². The highest BCUT2D eigenvalue weighted by Gasteiger charge is 2.06. The Morgan fingerprint density at radius 3 is 2.83 bits per heavy atom. The van der Waals surface area contributed by atoms with Gasteiger partial charge in [-0.1, -0.05) is 40.8 Å². The molecule has 0 radical (unpaired) electrons. The van der Waals surface area contributed by atoms with Crippen LogP contribution in [0.25, 0.3) is 10.1 Å². The molecule has 0 nitrogen and oxygen atoms in total. The van der Waals surface area contributed by atoms with Gasteiger partial charge in [-0.25, -0.2) is 0 Å². The van der Waals surface area contributed by atoms with Crippen LogP contribution in [0.2, 0.25) is 0 Å². The van der Waals surface area contributed by atoms with Crippen molar-refractivity contribution in [1.82, 2.24) is 0 Å². The van der Waals surface area contributed by atoms with E-state index in [1.54, 1.807) is 0 Å². The van der Waals surface area contributed by atoms with Crippen LogP contribution in [0.1, 0.15) is 16.4 Å². The highest BCUT2D eigenvalue weighted by atomic mass is 127. The molecule has 12 heavy (non-hydrogen) atoms. The van der Waals surface area contributed by atoms with E-state index in [-0.39, 0.29) is 0 Å². The molecule has 0 amide bonds. The van der Waals surface area contributed by atoms with Crippen molar-refractivity contribution in [3.63, 3.8) is 0 Å². The summed E-state index contributed by atoms with van der Waals surface area (Å²) in [5.74, 6) is 0. The Bertz CT molecular complexity index is 389. The van der Waals surface area contributed by atoms with Gasteiger partial charge in [0.05, 0.1) is 0 Å². The molecule has 0 spiro atoms. The van der Waals surface area contributed by atoms with Gasteiger partial charge in [0.1, 0.15) is 0 Å². The zero-order valence-electron chi connectivity index (χ0n) is 6.75. The van der Waals surface area contributed by atoms with Gasteiger partial charge in [-0.2, -0.15) is 0 Å². The molecular weight excluding hydrogens is 279 g/mol. The molecule has 0 aliphatic heterocycles. The number of thiophene rings is 1. The van der Waals surface area contributed by atoms with Crippen molar-refractivity contribution < 1.29 is 0 Å². The quantitative estimate of drug-likeness (QED) is 0.539. The molecule has 1 aromatic carbocycles. The second-order valence-corrected chi connectivity index (χ2v) is 5.58. The van der Waals surface area contributed by atoms with Crippen LogP contribution in [-0.4, -0.2) is 0 Å². The minimum Gasteiger partial charge on any atom is -0.143 e. The molecule has 1 aromatic heterocycles. The second-order valence-electron chi connectivity index (χ2n) is 2.80. The average Bonchev–Trinajstić information content (AvgIpc) is 2.47. The van der Waals surface area contributed by atoms with Crippen molar-refractivity contribution in [3.8, 4) is 0 Å². The fraction of sp³-hybridized carbons (Fsp3) is 0.200. The van der Waals surface area contributed by atoms with E-state index in [2.05, 4.69) is 59.2 Å². The van der Waals surface area contributed by atoms with Gasteiger partial charge in [0.15, 0.2) is 0 Å². The number of fused-ring (bicyclic) bond motifs is 1. The molecule has 0 saturated heterocycles. The third kappa shape index (κ3) is 1.38. The SMILES string of the molecule is CC(I)c1csc2ccccc12. The van der Waals surface area contributed by atoms with Crippen LogP contribution < -0.4 is 0 Å². The van der Waals surface area contributed by atoms with E-state index in [4.69, 9.17) is 0 Å². The van der Waals surface area contributed by atoms with E-state index in [9.17, 15) is 0 Å². The first-order valence-corrected chi connectivity index (χ1v) is 6.02. The van der Waals surface area contributed by atoms with E-state index in [0.717, 1.165) is 0 Å². The van der Waals surface area contributed by atoms with Gasteiger partial charge in [0.25, 0.3) is 0 Å². The third-order valence-corrected chi connectivity index (χ3v) is 3.59. The Hall–Kier alpha value is -0.0900.